The molecule has 1 aliphatic rings. The van der Waals surface area contributed by atoms with E-state index < -0.39 is 0 Å². The van der Waals surface area contributed by atoms with Gasteiger partial charge in [0.05, 0.1) is 5.69 Å². The standard InChI is InChI=1S/C22H22N4S/c23-12-4-13-24-19-10-8-17(9-11-19)15-20-16-25-22(27-20)26-14-3-6-18-5-1-2-7-21(18)26/h1-2,4-5,7-13,16H,3,6,14-15,23H2/b12-4-,24-13?. The van der Waals surface area contributed by atoms with Crippen LogP contribution in [0, 0.1) is 0 Å². The second-order valence-corrected chi connectivity index (χ2v) is 7.59. The molecular weight excluding hydrogens is 352 g/mol. The summed E-state index contributed by atoms with van der Waals surface area (Å²) in [5.41, 5.74) is 10.2. The fourth-order valence-electron chi connectivity index (χ4n) is 3.32. The number of benzene rings is 2. The number of para-hydroxylation sites is 1. The summed E-state index contributed by atoms with van der Waals surface area (Å²) in [5, 5.41) is 1.09. The third-order valence-corrected chi connectivity index (χ3v) is 5.64. The molecule has 27 heavy (non-hydrogen) atoms. The molecular formula is C22H22N4S. The molecule has 0 radical (unpaired) electrons. The molecule has 1 aromatic heterocycles. The number of rotatable bonds is 5. The molecule has 0 unspecified atom stereocenters. The lowest BCUT2D eigenvalue weighted by atomic mass is 10.0. The predicted molar refractivity (Wildman–Crippen MR) is 115 cm³/mol. The number of fused-ring (bicyclic) bond motifs is 1. The molecule has 0 atom stereocenters. The lowest BCUT2D eigenvalue weighted by molar-refractivity contribution is 0.765. The number of anilines is 2. The van der Waals surface area contributed by atoms with E-state index >= 15 is 0 Å². The summed E-state index contributed by atoms with van der Waals surface area (Å²) >= 11 is 1.78. The average Bonchev–Trinajstić information content (AvgIpc) is 3.17. The molecule has 1 aliphatic heterocycles. The van der Waals surface area contributed by atoms with Crippen molar-refractivity contribution in [2.24, 2.45) is 10.7 Å². The highest BCUT2D eigenvalue weighted by Crippen LogP contribution is 2.36. The minimum absolute atomic E-state index is 0.889. The van der Waals surface area contributed by atoms with E-state index in [1.807, 2.05) is 18.3 Å². The zero-order valence-corrected chi connectivity index (χ0v) is 15.9. The van der Waals surface area contributed by atoms with E-state index in [0.717, 1.165) is 30.2 Å². The maximum absolute atomic E-state index is 5.30. The van der Waals surface area contributed by atoms with Gasteiger partial charge in [0.15, 0.2) is 5.13 Å². The molecule has 0 fully saturated rings. The largest absolute Gasteiger partial charge is 0.405 e. The Morgan fingerprint density at radius 3 is 2.85 bits per heavy atom. The summed E-state index contributed by atoms with van der Waals surface area (Å²) in [6.45, 7) is 1.04. The van der Waals surface area contributed by atoms with Crippen molar-refractivity contribution in [2.45, 2.75) is 19.3 Å². The van der Waals surface area contributed by atoms with Gasteiger partial charge in [0.25, 0.3) is 0 Å². The summed E-state index contributed by atoms with van der Waals surface area (Å²) in [6, 6.07) is 17.0. The van der Waals surface area contributed by atoms with E-state index in [1.165, 1.54) is 34.3 Å². The minimum Gasteiger partial charge on any atom is -0.405 e. The van der Waals surface area contributed by atoms with E-state index in [0.29, 0.717) is 0 Å². The molecule has 0 bridgehead atoms. The van der Waals surface area contributed by atoms with Gasteiger partial charge in [-0.1, -0.05) is 30.3 Å². The second-order valence-electron chi connectivity index (χ2n) is 6.50. The number of aromatic nitrogens is 1. The van der Waals surface area contributed by atoms with Crippen LogP contribution >= 0.6 is 11.3 Å². The number of allylic oxidation sites excluding steroid dienone is 1. The Morgan fingerprint density at radius 1 is 1.15 bits per heavy atom. The molecule has 4 nitrogen and oxygen atoms in total. The fourth-order valence-corrected chi connectivity index (χ4v) is 4.30. The van der Waals surface area contributed by atoms with Crippen LogP contribution in [0.2, 0.25) is 0 Å². The Hall–Kier alpha value is -2.92. The van der Waals surface area contributed by atoms with Gasteiger partial charge < -0.3 is 10.6 Å². The van der Waals surface area contributed by atoms with Gasteiger partial charge in [-0.2, -0.15) is 0 Å². The summed E-state index contributed by atoms with van der Waals surface area (Å²) in [6.07, 6.45) is 10.1. The summed E-state index contributed by atoms with van der Waals surface area (Å²) < 4.78 is 0. The van der Waals surface area contributed by atoms with E-state index in [9.17, 15) is 0 Å². The first-order valence-corrected chi connectivity index (χ1v) is 9.95. The number of hydrogen-bond acceptors (Lipinski definition) is 5. The quantitative estimate of drug-likeness (QED) is 0.640. The van der Waals surface area contributed by atoms with Crippen LogP contribution in [0.3, 0.4) is 0 Å². The van der Waals surface area contributed by atoms with E-state index in [-0.39, 0.29) is 0 Å². The summed E-state index contributed by atoms with van der Waals surface area (Å²) in [5.74, 6) is 0. The topological polar surface area (TPSA) is 54.5 Å². The Kier molecular flexibility index (Phi) is 5.30. The summed E-state index contributed by atoms with van der Waals surface area (Å²) in [7, 11) is 0. The number of nitrogens with two attached hydrogens (primary N) is 1. The predicted octanol–water partition coefficient (Wildman–Crippen LogP) is 4.99. The van der Waals surface area contributed by atoms with Crippen LogP contribution < -0.4 is 10.6 Å². The highest BCUT2D eigenvalue weighted by molar-refractivity contribution is 7.15. The molecule has 0 aliphatic carbocycles. The lowest BCUT2D eigenvalue weighted by Crippen LogP contribution is -2.24. The van der Waals surface area contributed by atoms with Crippen LogP contribution in [0.1, 0.15) is 22.4 Å². The first-order valence-electron chi connectivity index (χ1n) is 9.13. The molecule has 2 N–H and O–H groups in total. The Morgan fingerprint density at radius 2 is 2.00 bits per heavy atom. The van der Waals surface area contributed by atoms with Crippen molar-refractivity contribution in [3.05, 3.63) is 83.0 Å². The van der Waals surface area contributed by atoms with Gasteiger partial charge in [-0.05, 0) is 54.4 Å². The van der Waals surface area contributed by atoms with Crippen molar-refractivity contribution < 1.29 is 0 Å². The molecule has 2 heterocycles. The molecule has 0 saturated heterocycles. The van der Waals surface area contributed by atoms with Crippen LogP contribution in [-0.2, 0) is 12.8 Å². The molecule has 5 heteroatoms. The lowest BCUT2D eigenvalue weighted by Gasteiger charge is -2.28. The summed E-state index contributed by atoms with van der Waals surface area (Å²) in [4.78, 5) is 12.7. The van der Waals surface area contributed by atoms with Crippen molar-refractivity contribution in [3.8, 4) is 0 Å². The number of thiazole rings is 1. The van der Waals surface area contributed by atoms with Gasteiger partial charge in [0, 0.05) is 35.9 Å². The van der Waals surface area contributed by atoms with Gasteiger partial charge in [-0.3, -0.25) is 4.99 Å². The number of aryl methyl sites for hydroxylation is 1. The number of hydrogen-bond donors (Lipinski definition) is 1. The highest BCUT2D eigenvalue weighted by atomic mass is 32.1. The molecule has 2 aromatic carbocycles. The smallest absolute Gasteiger partial charge is 0.190 e. The molecule has 3 aromatic rings. The fraction of sp³-hybridized carbons (Fsp3) is 0.182. The van der Waals surface area contributed by atoms with Crippen molar-refractivity contribution in [1.29, 1.82) is 0 Å². The zero-order valence-electron chi connectivity index (χ0n) is 15.1. The highest BCUT2D eigenvalue weighted by Gasteiger charge is 2.20. The Labute approximate surface area is 163 Å². The first kappa shape index (κ1) is 17.5. The van der Waals surface area contributed by atoms with Crippen LogP contribution in [0.4, 0.5) is 16.5 Å². The van der Waals surface area contributed by atoms with Gasteiger partial charge in [-0.15, -0.1) is 11.3 Å². The van der Waals surface area contributed by atoms with Gasteiger partial charge in [0.1, 0.15) is 0 Å². The minimum atomic E-state index is 0.889. The monoisotopic (exact) mass is 374 g/mol. The third-order valence-electron chi connectivity index (χ3n) is 4.62. The second kappa shape index (κ2) is 8.18. The Balaban J connectivity index is 1.48. The van der Waals surface area contributed by atoms with Crippen molar-refractivity contribution in [1.82, 2.24) is 4.98 Å². The van der Waals surface area contributed by atoms with E-state index in [4.69, 9.17) is 10.7 Å². The van der Waals surface area contributed by atoms with Gasteiger partial charge >= 0.3 is 0 Å². The normalized spacial score (nSPS) is 14.1. The van der Waals surface area contributed by atoms with Crippen LogP contribution in [0.15, 0.2) is 72.0 Å². The number of nitrogens with zero attached hydrogens (tertiary/aromatic N) is 3. The van der Waals surface area contributed by atoms with Crippen LogP contribution in [0.25, 0.3) is 0 Å². The van der Waals surface area contributed by atoms with Crippen molar-refractivity contribution >= 4 is 34.1 Å². The van der Waals surface area contributed by atoms with Gasteiger partial charge in [0.2, 0.25) is 0 Å². The molecule has 0 spiro atoms. The van der Waals surface area contributed by atoms with Crippen LogP contribution in [-0.4, -0.2) is 17.7 Å². The van der Waals surface area contributed by atoms with E-state index in [2.05, 4.69) is 46.3 Å². The van der Waals surface area contributed by atoms with Gasteiger partial charge in [-0.25, -0.2) is 4.98 Å². The van der Waals surface area contributed by atoms with Crippen molar-refractivity contribution in [2.75, 3.05) is 11.4 Å². The third kappa shape index (κ3) is 4.09. The molecule has 0 saturated carbocycles. The molecule has 136 valence electrons. The van der Waals surface area contributed by atoms with E-state index in [1.54, 1.807) is 23.6 Å². The maximum atomic E-state index is 5.30. The SMILES string of the molecule is N/C=C\C=Nc1ccc(Cc2cnc(N3CCCc4ccccc43)s2)cc1. The molecule has 0 amide bonds. The zero-order chi connectivity index (χ0) is 18.5. The molecule has 4 rings (SSSR count). The Bertz CT molecular complexity index is 956. The van der Waals surface area contributed by atoms with Crippen molar-refractivity contribution in [3.63, 3.8) is 0 Å². The number of aliphatic imine (C=N–C) groups is 1. The average molecular weight is 375 g/mol. The maximum Gasteiger partial charge on any atom is 0.190 e. The first-order chi connectivity index (χ1) is 13.3. The van der Waals surface area contributed by atoms with Crippen LogP contribution in [0.5, 0.6) is 0 Å².